The third-order valence-electron chi connectivity index (χ3n) is 2.64. The van der Waals surface area contributed by atoms with E-state index >= 15 is 0 Å². The molecule has 4 nitrogen and oxygen atoms in total. The lowest BCUT2D eigenvalue weighted by Gasteiger charge is -2.28. The maximum Gasteiger partial charge on any atom is 0.222 e. The Hall–Kier alpha value is -0.610. The number of aliphatic hydroxyl groups is 1. The van der Waals surface area contributed by atoms with Crippen molar-refractivity contribution >= 4 is 5.91 Å². The fourth-order valence-corrected chi connectivity index (χ4v) is 1.40. The van der Waals surface area contributed by atoms with Crippen LogP contribution in [0, 0.1) is 5.92 Å². The van der Waals surface area contributed by atoms with Crippen LogP contribution in [0.15, 0.2) is 0 Å². The molecule has 0 radical (unpaired) electrons. The number of carbonyl (C=O) groups excluding carboxylic acids is 1. The van der Waals surface area contributed by atoms with E-state index in [0.29, 0.717) is 25.3 Å². The lowest BCUT2D eigenvalue weighted by molar-refractivity contribution is -0.131. The zero-order chi connectivity index (χ0) is 10.6. The topological polar surface area (TPSA) is 52.6 Å². The van der Waals surface area contributed by atoms with Crippen molar-refractivity contribution in [2.24, 2.45) is 5.92 Å². The average molecular weight is 200 g/mol. The van der Waals surface area contributed by atoms with Crippen molar-refractivity contribution in [3.05, 3.63) is 0 Å². The largest absolute Gasteiger partial charge is 0.393 e. The molecular weight excluding hydrogens is 180 g/mol. The first kappa shape index (κ1) is 11.5. The van der Waals surface area contributed by atoms with Crippen LogP contribution in [-0.2, 0) is 4.79 Å². The summed E-state index contributed by atoms with van der Waals surface area (Å²) in [7, 11) is 1.80. The highest BCUT2D eigenvalue weighted by atomic mass is 16.3. The first-order chi connectivity index (χ1) is 6.59. The zero-order valence-corrected chi connectivity index (χ0v) is 8.99. The minimum Gasteiger partial charge on any atom is -0.393 e. The van der Waals surface area contributed by atoms with Crippen molar-refractivity contribution in [3.8, 4) is 0 Å². The Bertz CT molecular complexity index is 191. The van der Waals surface area contributed by atoms with E-state index in [9.17, 15) is 4.79 Å². The first-order valence-corrected chi connectivity index (χ1v) is 5.22. The van der Waals surface area contributed by atoms with E-state index < -0.39 is 0 Å². The van der Waals surface area contributed by atoms with Crippen molar-refractivity contribution in [2.75, 3.05) is 26.7 Å². The van der Waals surface area contributed by atoms with Gasteiger partial charge < -0.3 is 15.3 Å². The molecule has 1 fully saturated rings. The van der Waals surface area contributed by atoms with Gasteiger partial charge in [0.1, 0.15) is 0 Å². The Morgan fingerprint density at radius 3 is 2.71 bits per heavy atom. The predicted molar refractivity (Wildman–Crippen MR) is 54.9 cm³/mol. The molecule has 1 aliphatic rings. The molecule has 14 heavy (non-hydrogen) atoms. The molecule has 1 unspecified atom stereocenters. The lowest BCUT2D eigenvalue weighted by Crippen LogP contribution is -2.45. The number of amides is 1. The van der Waals surface area contributed by atoms with Crippen LogP contribution in [0.3, 0.4) is 0 Å². The van der Waals surface area contributed by atoms with Crippen molar-refractivity contribution in [1.29, 1.82) is 0 Å². The van der Waals surface area contributed by atoms with E-state index in [-0.39, 0.29) is 12.0 Å². The van der Waals surface area contributed by atoms with Crippen LogP contribution in [0.1, 0.15) is 19.8 Å². The van der Waals surface area contributed by atoms with Gasteiger partial charge in [0.25, 0.3) is 0 Å². The lowest BCUT2D eigenvalue weighted by atomic mass is 9.99. The molecule has 1 aliphatic heterocycles. The molecule has 82 valence electrons. The summed E-state index contributed by atoms with van der Waals surface area (Å²) < 4.78 is 0. The Morgan fingerprint density at radius 1 is 1.64 bits per heavy atom. The quantitative estimate of drug-likeness (QED) is 0.647. The fraction of sp³-hybridized carbons (Fsp3) is 0.900. The van der Waals surface area contributed by atoms with Gasteiger partial charge in [-0.25, -0.2) is 0 Å². The molecule has 0 aromatic rings. The highest BCUT2D eigenvalue weighted by molar-refractivity contribution is 5.76. The van der Waals surface area contributed by atoms with E-state index in [1.54, 1.807) is 18.9 Å². The molecule has 1 saturated heterocycles. The molecule has 2 N–H and O–H groups in total. The summed E-state index contributed by atoms with van der Waals surface area (Å²) in [6, 6.07) is 0. The Labute approximate surface area is 85.3 Å². The van der Waals surface area contributed by atoms with Crippen LogP contribution in [-0.4, -0.2) is 48.7 Å². The van der Waals surface area contributed by atoms with Gasteiger partial charge in [-0.2, -0.15) is 0 Å². The summed E-state index contributed by atoms with van der Waals surface area (Å²) >= 11 is 0. The molecule has 1 rings (SSSR count). The van der Waals surface area contributed by atoms with Gasteiger partial charge in [-0.15, -0.1) is 0 Å². The second-order valence-electron chi connectivity index (χ2n) is 4.18. The second kappa shape index (κ2) is 5.32. The number of hydrogen-bond donors (Lipinski definition) is 2. The van der Waals surface area contributed by atoms with Crippen molar-refractivity contribution < 1.29 is 9.90 Å². The van der Waals surface area contributed by atoms with E-state index in [1.165, 1.54) is 0 Å². The summed E-state index contributed by atoms with van der Waals surface area (Å²) in [6.45, 7) is 4.33. The van der Waals surface area contributed by atoms with Crippen LogP contribution < -0.4 is 5.32 Å². The second-order valence-corrected chi connectivity index (χ2v) is 4.18. The molecule has 0 aromatic carbocycles. The van der Waals surface area contributed by atoms with Crippen LogP contribution >= 0.6 is 0 Å². The maximum atomic E-state index is 11.6. The van der Waals surface area contributed by atoms with Gasteiger partial charge in [0.15, 0.2) is 0 Å². The van der Waals surface area contributed by atoms with Gasteiger partial charge in [-0.3, -0.25) is 4.79 Å². The Morgan fingerprint density at radius 2 is 2.29 bits per heavy atom. The number of carbonyl (C=O) groups is 1. The van der Waals surface area contributed by atoms with E-state index in [0.717, 1.165) is 13.1 Å². The van der Waals surface area contributed by atoms with Crippen LogP contribution in [0.2, 0.25) is 0 Å². The standard InChI is InChI=1S/C10H20N2O2/c1-8(13)3-4-12(2)10(14)5-9-6-11-7-9/h8-9,11,13H,3-7H2,1-2H3. The number of aliphatic hydroxyl groups excluding tert-OH is 1. The van der Waals surface area contributed by atoms with Gasteiger partial charge in [-0.05, 0) is 32.4 Å². The van der Waals surface area contributed by atoms with Gasteiger partial charge >= 0.3 is 0 Å². The number of hydrogen-bond acceptors (Lipinski definition) is 3. The minimum absolute atomic E-state index is 0.192. The molecule has 1 heterocycles. The first-order valence-electron chi connectivity index (χ1n) is 5.22. The molecule has 0 saturated carbocycles. The van der Waals surface area contributed by atoms with E-state index in [1.807, 2.05) is 0 Å². The fourth-order valence-electron chi connectivity index (χ4n) is 1.40. The highest BCUT2D eigenvalue weighted by Crippen LogP contribution is 2.10. The minimum atomic E-state index is -0.324. The molecule has 1 atom stereocenters. The van der Waals surface area contributed by atoms with Crippen molar-refractivity contribution in [2.45, 2.75) is 25.9 Å². The summed E-state index contributed by atoms with van der Waals surface area (Å²) in [5.74, 6) is 0.716. The Balaban J connectivity index is 2.14. The summed E-state index contributed by atoms with van der Waals surface area (Å²) in [6.07, 6.45) is 0.977. The normalized spacial score (nSPS) is 18.8. The third kappa shape index (κ3) is 3.64. The van der Waals surface area contributed by atoms with Gasteiger partial charge in [0, 0.05) is 20.0 Å². The number of nitrogens with zero attached hydrogens (tertiary/aromatic N) is 1. The number of rotatable bonds is 5. The van der Waals surface area contributed by atoms with Crippen LogP contribution in [0.4, 0.5) is 0 Å². The predicted octanol–water partition coefficient (Wildman–Crippen LogP) is -0.175. The summed E-state index contributed by atoms with van der Waals surface area (Å²) in [5, 5.41) is 12.2. The average Bonchev–Trinajstić information content (AvgIpc) is 2.06. The molecular formula is C10H20N2O2. The van der Waals surface area contributed by atoms with Crippen LogP contribution in [0.25, 0.3) is 0 Å². The molecule has 0 aromatic heterocycles. The molecule has 0 aliphatic carbocycles. The smallest absolute Gasteiger partial charge is 0.222 e. The van der Waals surface area contributed by atoms with Gasteiger partial charge in [-0.1, -0.05) is 0 Å². The zero-order valence-electron chi connectivity index (χ0n) is 8.99. The SMILES string of the molecule is CC(O)CCN(C)C(=O)CC1CNC1. The highest BCUT2D eigenvalue weighted by Gasteiger charge is 2.21. The van der Waals surface area contributed by atoms with Crippen molar-refractivity contribution in [1.82, 2.24) is 10.2 Å². The summed E-state index contributed by atoms with van der Waals surface area (Å²) in [5.41, 5.74) is 0. The van der Waals surface area contributed by atoms with E-state index in [4.69, 9.17) is 5.11 Å². The van der Waals surface area contributed by atoms with Crippen molar-refractivity contribution in [3.63, 3.8) is 0 Å². The third-order valence-corrected chi connectivity index (χ3v) is 2.64. The molecule has 4 heteroatoms. The van der Waals surface area contributed by atoms with Gasteiger partial charge in [0.2, 0.25) is 5.91 Å². The molecule has 0 bridgehead atoms. The van der Waals surface area contributed by atoms with E-state index in [2.05, 4.69) is 5.32 Å². The summed E-state index contributed by atoms with van der Waals surface area (Å²) in [4.78, 5) is 13.3. The van der Waals surface area contributed by atoms with Gasteiger partial charge in [0.05, 0.1) is 6.10 Å². The molecule has 1 amide bonds. The molecule has 0 spiro atoms. The maximum absolute atomic E-state index is 11.6. The monoisotopic (exact) mass is 200 g/mol. The number of nitrogens with one attached hydrogen (secondary N) is 1. The Kier molecular flexibility index (Phi) is 4.35. The van der Waals surface area contributed by atoms with Crippen LogP contribution in [0.5, 0.6) is 0 Å².